The second-order valence-electron chi connectivity index (χ2n) is 8.08. The van der Waals surface area contributed by atoms with Crippen LogP contribution in [0.2, 0.25) is 0 Å². The lowest BCUT2D eigenvalue weighted by Gasteiger charge is -2.48. The molecule has 2 saturated heterocycles. The summed E-state index contributed by atoms with van der Waals surface area (Å²) in [5.74, 6) is 0.0953. The number of piperazine rings is 1. The zero-order valence-corrected chi connectivity index (χ0v) is 16.8. The fourth-order valence-corrected chi connectivity index (χ4v) is 4.72. The summed E-state index contributed by atoms with van der Waals surface area (Å²) >= 11 is 0. The standard InChI is InChI=1S/C25H25N3O2/c29-24-13-14-26-23-17-27(16-20-11-6-10-19-9-4-5-12-21(19)20)25(30)22(28(23)24)15-18-7-2-1-3-8-18/h1-12,22-23,26H,13-17H2/t22-,23+/m0/s1. The number of hydrogen-bond acceptors (Lipinski definition) is 3. The van der Waals surface area contributed by atoms with Gasteiger partial charge in [0.15, 0.2) is 0 Å². The van der Waals surface area contributed by atoms with Crippen LogP contribution in [0.3, 0.4) is 0 Å². The van der Waals surface area contributed by atoms with Crippen molar-refractivity contribution in [1.82, 2.24) is 15.1 Å². The van der Waals surface area contributed by atoms with Crippen LogP contribution in [-0.2, 0) is 22.6 Å². The molecule has 2 aliphatic heterocycles. The molecule has 2 fully saturated rings. The van der Waals surface area contributed by atoms with Crippen molar-refractivity contribution in [3.63, 3.8) is 0 Å². The van der Waals surface area contributed by atoms with Gasteiger partial charge >= 0.3 is 0 Å². The summed E-state index contributed by atoms with van der Waals surface area (Å²) in [6.45, 7) is 1.72. The highest BCUT2D eigenvalue weighted by atomic mass is 16.2. The molecule has 2 aliphatic rings. The van der Waals surface area contributed by atoms with Crippen LogP contribution in [0, 0.1) is 0 Å². The lowest BCUT2D eigenvalue weighted by atomic mass is 9.97. The third kappa shape index (κ3) is 3.46. The van der Waals surface area contributed by atoms with Gasteiger partial charge in [-0.15, -0.1) is 0 Å². The first kappa shape index (κ1) is 18.8. The quantitative estimate of drug-likeness (QED) is 0.734. The SMILES string of the molecule is O=C1[C@H](Cc2ccccc2)N2C(=O)CCN[C@H]2CN1Cc1cccc2ccccc12. The first-order valence-corrected chi connectivity index (χ1v) is 10.5. The van der Waals surface area contributed by atoms with E-state index in [-0.39, 0.29) is 18.0 Å². The molecule has 2 heterocycles. The van der Waals surface area contributed by atoms with E-state index in [0.29, 0.717) is 32.5 Å². The normalized spacial score (nSPS) is 21.7. The summed E-state index contributed by atoms with van der Waals surface area (Å²) in [4.78, 5) is 30.0. The molecule has 5 rings (SSSR count). The predicted molar refractivity (Wildman–Crippen MR) is 117 cm³/mol. The fourth-order valence-electron chi connectivity index (χ4n) is 4.72. The van der Waals surface area contributed by atoms with Crippen molar-refractivity contribution in [2.24, 2.45) is 0 Å². The first-order chi connectivity index (χ1) is 14.7. The molecule has 0 bridgehead atoms. The molecule has 152 valence electrons. The largest absolute Gasteiger partial charge is 0.333 e. The second-order valence-corrected chi connectivity index (χ2v) is 8.08. The Labute approximate surface area is 176 Å². The third-order valence-electron chi connectivity index (χ3n) is 6.18. The molecular weight excluding hydrogens is 374 g/mol. The van der Waals surface area contributed by atoms with Gasteiger partial charge in [0.05, 0.1) is 6.54 Å². The summed E-state index contributed by atoms with van der Waals surface area (Å²) in [6, 6.07) is 24.0. The van der Waals surface area contributed by atoms with E-state index in [4.69, 9.17) is 0 Å². The molecule has 30 heavy (non-hydrogen) atoms. The van der Waals surface area contributed by atoms with Crippen molar-refractivity contribution in [3.8, 4) is 0 Å². The number of rotatable bonds is 4. The average molecular weight is 399 g/mol. The predicted octanol–water partition coefficient (Wildman–Crippen LogP) is 2.94. The zero-order chi connectivity index (χ0) is 20.5. The van der Waals surface area contributed by atoms with E-state index in [9.17, 15) is 9.59 Å². The van der Waals surface area contributed by atoms with E-state index in [0.717, 1.165) is 11.1 Å². The Hall–Kier alpha value is -3.18. The molecule has 3 aromatic carbocycles. The number of hydrogen-bond donors (Lipinski definition) is 1. The minimum atomic E-state index is -0.471. The van der Waals surface area contributed by atoms with E-state index in [2.05, 4.69) is 29.6 Å². The highest BCUT2D eigenvalue weighted by Crippen LogP contribution is 2.26. The van der Waals surface area contributed by atoms with Crippen LogP contribution >= 0.6 is 0 Å². The number of benzene rings is 3. The monoisotopic (exact) mass is 399 g/mol. The van der Waals surface area contributed by atoms with E-state index in [1.165, 1.54) is 10.8 Å². The zero-order valence-electron chi connectivity index (χ0n) is 16.8. The smallest absolute Gasteiger partial charge is 0.246 e. The highest BCUT2D eigenvalue weighted by molar-refractivity contribution is 5.91. The van der Waals surface area contributed by atoms with Gasteiger partial charge in [0.25, 0.3) is 0 Å². The molecule has 0 spiro atoms. The number of nitrogens with zero attached hydrogens (tertiary/aromatic N) is 2. The Bertz CT molecular complexity index is 1080. The van der Waals surface area contributed by atoms with Crippen LogP contribution in [0.4, 0.5) is 0 Å². The van der Waals surface area contributed by atoms with Gasteiger partial charge in [0.2, 0.25) is 11.8 Å². The lowest BCUT2D eigenvalue weighted by molar-refractivity contribution is -0.160. The van der Waals surface area contributed by atoms with Crippen molar-refractivity contribution in [2.75, 3.05) is 13.1 Å². The molecule has 0 saturated carbocycles. The molecule has 1 N–H and O–H groups in total. The number of fused-ring (bicyclic) bond motifs is 2. The number of amides is 2. The van der Waals surface area contributed by atoms with Crippen LogP contribution in [0.5, 0.6) is 0 Å². The molecular formula is C25H25N3O2. The van der Waals surface area contributed by atoms with E-state index in [1.807, 2.05) is 53.4 Å². The summed E-state index contributed by atoms with van der Waals surface area (Å²) in [5.41, 5.74) is 2.20. The molecule has 5 nitrogen and oxygen atoms in total. The van der Waals surface area contributed by atoms with Crippen LogP contribution < -0.4 is 5.32 Å². The Morgan fingerprint density at radius 2 is 1.67 bits per heavy atom. The van der Waals surface area contributed by atoms with Gasteiger partial charge in [-0.3, -0.25) is 14.9 Å². The Balaban J connectivity index is 1.47. The summed E-state index contributed by atoms with van der Waals surface area (Å²) < 4.78 is 0. The van der Waals surface area contributed by atoms with Gasteiger partial charge in [0, 0.05) is 25.9 Å². The van der Waals surface area contributed by atoms with E-state index in [1.54, 1.807) is 4.90 Å². The van der Waals surface area contributed by atoms with Gasteiger partial charge in [-0.05, 0) is 21.9 Å². The van der Waals surface area contributed by atoms with Crippen LogP contribution in [0.25, 0.3) is 10.8 Å². The van der Waals surface area contributed by atoms with Crippen LogP contribution in [0.15, 0.2) is 72.8 Å². The molecule has 2 atom stereocenters. The van der Waals surface area contributed by atoms with Crippen molar-refractivity contribution >= 4 is 22.6 Å². The maximum atomic E-state index is 13.6. The van der Waals surface area contributed by atoms with Crippen LogP contribution in [0.1, 0.15) is 17.5 Å². The van der Waals surface area contributed by atoms with Gasteiger partial charge in [-0.25, -0.2) is 0 Å². The first-order valence-electron chi connectivity index (χ1n) is 10.5. The average Bonchev–Trinajstić information content (AvgIpc) is 2.77. The molecule has 0 aromatic heterocycles. The Morgan fingerprint density at radius 1 is 0.900 bits per heavy atom. The summed E-state index contributed by atoms with van der Waals surface area (Å²) in [5, 5.41) is 5.79. The summed E-state index contributed by atoms with van der Waals surface area (Å²) in [7, 11) is 0. The highest BCUT2D eigenvalue weighted by Gasteiger charge is 2.44. The third-order valence-corrected chi connectivity index (χ3v) is 6.18. The van der Waals surface area contributed by atoms with Gasteiger partial charge in [-0.2, -0.15) is 0 Å². The number of carbonyl (C=O) groups excluding carboxylic acids is 2. The van der Waals surface area contributed by atoms with E-state index >= 15 is 0 Å². The fraction of sp³-hybridized carbons (Fsp3) is 0.280. The van der Waals surface area contributed by atoms with Crippen molar-refractivity contribution in [1.29, 1.82) is 0 Å². The Kier molecular flexibility index (Phi) is 4.97. The minimum Gasteiger partial charge on any atom is -0.333 e. The molecule has 5 heteroatoms. The van der Waals surface area contributed by atoms with Crippen molar-refractivity contribution in [3.05, 3.63) is 83.9 Å². The van der Waals surface area contributed by atoms with Crippen LogP contribution in [-0.4, -0.2) is 46.9 Å². The van der Waals surface area contributed by atoms with Gasteiger partial charge in [-0.1, -0.05) is 72.8 Å². The number of nitrogens with one attached hydrogen (secondary N) is 1. The number of carbonyl (C=O) groups is 2. The molecule has 0 radical (unpaired) electrons. The minimum absolute atomic E-state index is 0.0279. The topological polar surface area (TPSA) is 52.7 Å². The van der Waals surface area contributed by atoms with Gasteiger partial charge < -0.3 is 9.80 Å². The maximum absolute atomic E-state index is 13.6. The molecule has 3 aromatic rings. The lowest BCUT2D eigenvalue weighted by Crippen LogP contribution is -2.70. The van der Waals surface area contributed by atoms with Gasteiger partial charge in [0.1, 0.15) is 12.2 Å². The Morgan fingerprint density at radius 3 is 2.53 bits per heavy atom. The molecule has 2 amide bonds. The maximum Gasteiger partial charge on any atom is 0.246 e. The van der Waals surface area contributed by atoms with Crippen molar-refractivity contribution < 1.29 is 9.59 Å². The summed E-state index contributed by atoms with van der Waals surface area (Å²) in [6.07, 6.45) is 0.848. The molecule has 0 unspecified atom stereocenters. The second kappa shape index (κ2) is 7.92. The molecule has 0 aliphatic carbocycles. The van der Waals surface area contributed by atoms with Crippen molar-refractivity contribution in [2.45, 2.75) is 31.6 Å². The van der Waals surface area contributed by atoms with E-state index < -0.39 is 6.04 Å².